The van der Waals surface area contributed by atoms with Crippen LogP contribution < -0.4 is 5.73 Å². The van der Waals surface area contributed by atoms with Crippen LogP contribution in [0.15, 0.2) is 12.2 Å². The van der Waals surface area contributed by atoms with E-state index in [9.17, 15) is 0 Å². The van der Waals surface area contributed by atoms with E-state index in [0.29, 0.717) is 12.6 Å². The van der Waals surface area contributed by atoms with E-state index in [4.69, 9.17) is 10.5 Å². The van der Waals surface area contributed by atoms with E-state index in [1.165, 1.54) is 12.8 Å². The molecular weight excluding hydrogens is 126 g/mol. The Hall–Kier alpha value is -0.340. The normalized spacial score (nSPS) is 25.1. The molecule has 58 valence electrons. The first kappa shape index (κ1) is 7.76. The third kappa shape index (κ3) is 2.12. The molecular formula is C8H15NO. The second-order valence-electron chi connectivity index (χ2n) is 2.79. The van der Waals surface area contributed by atoms with E-state index in [0.717, 1.165) is 18.6 Å². The minimum Gasteiger partial charge on any atom is -0.378 e. The van der Waals surface area contributed by atoms with E-state index < -0.39 is 0 Å². The van der Waals surface area contributed by atoms with Crippen molar-refractivity contribution in [1.82, 2.24) is 0 Å². The van der Waals surface area contributed by atoms with Gasteiger partial charge in [-0.05, 0) is 19.3 Å². The van der Waals surface area contributed by atoms with Crippen LogP contribution in [-0.4, -0.2) is 19.3 Å². The van der Waals surface area contributed by atoms with Crippen molar-refractivity contribution >= 4 is 0 Å². The van der Waals surface area contributed by atoms with Gasteiger partial charge < -0.3 is 10.5 Å². The molecule has 1 rings (SSSR count). The zero-order valence-corrected chi connectivity index (χ0v) is 6.31. The highest BCUT2D eigenvalue weighted by atomic mass is 16.5. The second-order valence-corrected chi connectivity index (χ2v) is 2.79. The maximum atomic E-state index is 5.41. The summed E-state index contributed by atoms with van der Waals surface area (Å²) in [5.74, 6) is 0. The van der Waals surface area contributed by atoms with Crippen molar-refractivity contribution < 1.29 is 4.74 Å². The van der Waals surface area contributed by atoms with Crippen LogP contribution in [0.5, 0.6) is 0 Å². The summed E-state index contributed by atoms with van der Waals surface area (Å²) < 4.78 is 5.41. The highest BCUT2D eigenvalue weighted by molar-refractivity contribution is 4.98. The van der Waals surface area contributed by atoms with Crippen LogP contribution >= 0.6 is 0 Å². The fourth-order valence-electron chi connectivity index (χ4n) is 1.21. The molecule has 0 radical (unpaired) electrons. The van der Waals surface area contributed by atoms with Crippen molar-refractivity contribution in [1.29, 1.82) is 0 Å². The van der Waals surface area contributed by atoms with Gasteiger partial charge in [-0.2, -0.15) is 0 Å². The molecule has 1 heterocycles. The van der Waals surface area contributed by atoms with Crippen LogP contribution in [0.2, 0.25) is 0 Å². The van der Waals surface area contributed by atoms with Gasteiger partial charge in [0.15, 0.2) is 0 Å². The quantitative estimate of drug-likeness (QED) is 0.597. The van der Waals surface area contributed by atoms with Crippen molar-refractivity contribution in [3.63, 3.8) is 0 Å². The molecule has 1 atom stereocenters. The lowest BCUT2D eigenvalue weighted by molar-refractivity contribution is 0.111. The average molecular weight is 141 g/mol. The molecule has 1 fully saturated rings. The molecule has 0 amide bonds. The molecule has 1 unspecified atom stereocenters. The number of nitrogens with two attached hydrogens (primary N) is 1. The molecule has 1 saturated heterocycles. The van der Waals surface area contributed by atoms with Crippen LogP contribution in [0.3, 0.4) is 0 Å². The Kier molecular flexibility index (Phi) is 2.90. The van der Waals surface area contributed by atoms with Gasteiger partial charge in [-0.15, -0.1) is 0 Å². The second kappa shape index (κ2) is 3.74. The topological polar surface area (TPSA) is 35.2 Å². The molecule has 0 aromatic carbocycles. The van der Waals surface area contributed by atoms with Gasteiger partial charge in [0, 0.05) is 13.2 Å². The number of ether oxygens (including phenoxy) is 1. The fraction of sp³-hybridized carbons (Fsp3) is 0.750. The molecule has 2 heteroatoms. The van der Waals surface area contributed by atoms with Crippen molar-refractivity contribution in [2.24, 2.45) is 5.73 Å². The zero-order chi connectivity index (χ0) is 7.40. The SMILES string of the molecule is C=C(CN)CC1CCCO1. The Morgan fingerprint density at radius 2 is 2.50 bits per heavy atom. The molecule has 1 aliphatic heterocycles. The highest BCUT2D eigenvalue weighted by Crippen LogP contribution is 2.17. The Balaban J connectivity index is 2.17. The Bertz CT molecular complexity index is 116. The lowest BCUT2D eigenvalue weighted by Gasteiger charge is -2.08. The van der Waals surface area contributed by atoms with Crippen LogP contribution in [-0.2, 0) is 4.74 Å². The summed E-state index contributed by atoms with van der Waals surface area (Å²) in [5.41, 5.74) is 6.50. The minimum atomic E-state index is 0.413. The summed E-state index contributed by atoms with van der Waals surface area (Å²) in [6.07, 6.45) is 3.74. The molecule has 0 aromatic heterocycles. The summed E-state index contributed by atoms with van der Waals surface area (Å²) in [6.45, 7) is 5.35. The van der Waals surface area contributed by atoms with Crippen LogP contribution in [0.25, 0.3) is 0 Å². The molecule has 10 heavy (non-hydrogen) atoms. The summed E-state index contributed by atoms with van der Waals surface area (Å²) in [6, 6.07) is 0. The predicted octanol–water partition coefficient (Wildman–Crippen LogP) is 1.07. The standard InChI is InChI=1S/C8H15NO/c1-7(6-9)5-8-3-2-4-10-8/h8H,1-6,9H2. The Morgan fingerprint density at radius 3 is 3.00 bits per heavy atom. The molecule has 0 saturated carbocycles. The van der Waals surface area contributed by atoms with E-state index in [2.05, 4.69) is 6.58 Å². The van der Waals surface area contributed by atoms with Crippen LogP contribution in [0.4, 0.5) is 0 Å². The van der Waals surface area contributed by atoms with Gasteiger partial charge in [0.2, 0.25) is 0 Å². The largest absolute Gasteiger partial charge is 0.378 e. The first-order valence-corrected chi connectivity index (χ1v) is 3.81. The summed E-state index contributed by atoms with van der Waals surface area (Å²) >= 11 is 0. The van der Waals surface area contributed by atoms with Crippen molar-refractivity contribution in [2.75, 3.05) is 13.2 Å². The lowest BCUT2D eigenvalue weighted by Crippen LogP contribution is -2.10. The third-order valence-electron chi connectivity index (χ3n) is 1.83. The molecule has 0 bridgehead atoms. The van der Waals surface area contributed by atoms with Gasteiger partial charge in [-0.1, -0.05) is 12.2 Å². The van der Waals surface area contributed by atoms with Gasteiger partial charge >= 0.3 is 0 Å². The molecule has 2 nitrogen and oxygen atoms in total. The average Bonchev–Trinajstić information content (AvgIpc) is 2.40. The third-order valence-corrected chi connectivity index (χ3v) is 1.83. The van der Waals surface area contributed by atoms with Crippen molar-refractivity contribution in [3.05, 3.63) is 12.2 Å². The summed E-state index contributed by atoms with van der Waals surface area (Å²) in [5, 5.41) is 0. The highest BCUT2D eigenvalue weighted by Gasteiger charge is 2.15. The fourth-order valence-corrected chi connectivity index (χ4v) is 1.21. The van der Waals surface area contributed by atoms with E-state index >= 15 is 0 Å². The van der Waals surface area contributed by atoms with Crippen LogP contribution in [0, 0.1) is 0 Å². The zero-order valence-electron chi connectivity index (χ0n) is 6.31. The Morgan fingerprint density at radius 1 is 1.70 bits per heavy atom. The minimum absolute atomic E-state index is 0.413. The van der Waals surface area contributed by atoms with Crippen LogP contribution in [0.1, 0.15) is 19.3 Å². The summed E-state index contributed by atoms with van der Waals surface area (Å²) in [7, 11) is 0. The number of rotatable bonds is 3. The first-order chi connectivity index (χ1) is 4.83. The first-order valence-electron chi connectivity index (χ1n) is 3.81. The maximum Gasteiger partial charge on any atom is 0.0613 e. The predicted molar refractivity (Wildman–Crippen MR) is 41.8 cm³/mol. The molecule has 2 N–H and O–H groups in total. The lowest BCUT2D eigenvalue weighted by atomic mass is 10.1. The molecule has 0 aromatic rings. The molecule has 0 aliphatic carbocycles. The number of hydrogen-bond donors (Lipinski definition) is 1. The monoisotopic (exact) mass is 141 g/mol. The van der Waals surface area contributed by atoms with Crippen molar-refractivity contribution in [2.45, 2.75) is 25.4 Å². The van der Waals surface area contributed by atoms with Crippen molar-refractivity contribution in [3.8, 4) is 0 Å². The number of hydrogen-bond acceptors (Lipinski definition) is 2. The molecule has 0 spiro atoms. The van der Waals surface area contributed by atoms with Gasteiger partial charge in [0.25, 0.3) is 0 Å². The summed E-state index contributed by atoms with van der Waals surface area (Å²) in [4.78, 5) is 0. The maximum absolute atomic E-state index is 5.41. The Labute approximate surface area is 62.1 Å². The van der Waals surface area contributed by atoms with E-state index in [1.807, 2.05) is 0 Å². The van der Waals surface area contributed by atoms with E-state index in [-0.39, 0.29) is 0 Å². The smallest absolute Gasteiger partial charge is 0.0613 e. The van der Waals surface area contributed by atoms with E-state index in [1.54, 1.807) is 0 Å². The molecule has 1 aliphatic rings. The van der Waals surface area contributed by atoms with Gasteiger partial charge in [0.1, 0.15) is 0 Å². The van der Waals surface area contributed by atoms with Gasteiger partial charge in [0.05, 0.1) is 6.10 Å². The van der Waals surface area contributed by atoms with Gasteiger partial charge in [-0.25, -0.2) is 0 Å². The van der Waals surface area contributed by atoms with Gasteiger partial charge in [-0.3, -0.25) is 0 Å².